The summed E-state index contributed by atoms with van der Waals surface area (Å²) in [5, 5.41) is 20.7. The third-order valence-corrected chi connectivity index (χ3v) is 1.60. The van der Waals surface area contributed by atoms with Crippen LogP contribution in [0.1, 0.15) is 0 Å². The van der Waals surface area contributed by atoms with Gasteiger partial charge in [0.15, 0.2) is 5.78 Å². The maximum Gasteiger partial charge on any atom is 2.00 e. The van der Waals surface area contributed by atoms with E-state index in [0.29, 0.717) is 0 Å². The topological polar surface area (TPSA) is 286 Å². The quantitative estimate of drug-likeness (QED) is 0.353. The Morgan fingerprint density at radius 3 is 1.60 bits per heavy atom. The van der Waals surface area contributed by atoms with Gasteiger partial charge in [0.05, 0.1) is 17.9 Å². The van der Waals surface area contributed by atoms with Crippen LogP contribution in [0.4, 0.5) is 0 Å². The van der Waals surface area contributed by atoms with Gasteiger partial charge in [-0.3, -0.25) is 4.79 Å². The van der Waals surface area contributed by atoms with Crippen LogP contribution >= 0.6 is 0 Å². The molecule has 0 saturated heterocycles. The van der Waals surface area contributed by atoms with Gasteiger partial charge in [0, 0.05) is 0 Å². The first kappa shape index (κ1) is 42.8. The second-order valence-electron chi connectivity index (χ2n) is 2.42. The van der Waals surface area contributed by atoms with Crippen LogP contribution in [0, 0.1) is 5.92 Å². The Morgan fingerprint density at radius 2 is 1.35 bits per heavy atom. The summed E-state index contributed by atoms with van der Waals surface area (Å²) in [6, 6.07) is 0. The molecule has 12 heteroatoms. The van der Waals surface area contributed by atoms with Gasteiger partial charge in [-0.1, -0.05) is 12.2 Å². The molecule has 1 aliphatic carbocycles. The molecule has 1 unspecified atom stereocenters. The molecule has 1 atom stereocenters. The van der Waals surface area contributed by atoms with Gasteiger partial charge in [-0.2, -0.15) is 0 Å². The summed E-state index contributed by atoms with van der Waals surface area (Å²) in [4.78, 5) is 31.7. The molecule has 0 heterocycles. The molecule has 12 N–H and O–H groups in total. The molecule has 116 valence electrons. The third kappa shape index (κ3) is 9.53. The Morgan fingerprint density at radius 1 is 0.950 bits per heavy atom. The second kappa shape index (κ2) is 17.6. The molecule has 0 spiro atoms. The number of carboxylic acids is 2. The summed E-state index contributed by atoms with van der Waals surface area (Å²) in [5.41, 5.74) is -0.576. The van der Waals surface area contributed by atoms with Crippen molar-refractivity contribution in [1.82, 2.24) is 0 Å². The SMILES string of the molecule is O.O.O.O.O.O.O=C([O-])C1=CC=CC(=O)C1C(=O)[O-].[Mg+2]. The molecular weight excluding hydrogens is 296 g/mol. The molecule has 0 aromatic rings. The van der Waals surface area contributed by atoms with Crippen LogP contribution < -0.4 is 10.2 Å². The molecule has 0 aromatic heterocycles. The van der Waals surface area contributed by atoms with Gasteiger partial charge in [0.1, 0.15) is 0 Å². The van der Waals surface area contributed by atoms with E-state index in [-0.39, 0.29) is 55.9 Å². The van der Waals surface area contributed by atoms with Crippen molar-refractivity contribution in [3.63, 3.8) is 0 Å². The second-order valence-corrected chi connectivity index (χ2v) is 2.42. The number of hydrogen-bond donors (Lipinski definition) is 0. The van der Waals surface area contributed by atoms with Crippen molar-refractivity contribution in [2.75, 3.05) is 0 Å². The molecule has 0 fully saturated rings. The first-order valence-corrected chi connectivity index (χ1v) is 3.38. The number of ketones is 1. The number of allylic oxidation sites excluding steroid dienone is 3. The third-order valence-electron chi connectivity index (χ3n) is 1.60. The number of carbonyl (C=O) groups is 3. The van der Waals surface area contributed by atoms with E-state index in [4.69, 9.17) is 0 Å². The zero-order chi connectivity index (χ0) is 10.0. The van der Waals surface area contributed by atoms with E-state index < -0.39 is 29.2 Å². The average Bonchev–Trinajstić information content (AvgIpc) is 2.02. The van der Waals surface area contributed by atoms with E-state index in [9.17, 15) is 24.6 Å². The van der Waals surface area contributed by atoms with E-state index >= 15 is 0 Å². The van der Waals surface area contributed by atoms with E-state index in [2.05, 4.69) is 0 Å². The van der Waals surface area contributed by atoms with Crippen molar-refractivity contribution >= 4 is 40.8 Å². The standard InChI is InChI=1S/C8H6O5.Mg.6H2O/c9-5-3-1-2-4(7(10)11)6(5)8(12)13;;;;;;;/h1-3,6H,(H,10,11)(H,12,13);;6*1H2/q;+2;;;;;;/p-2. The Labute approximate surface area is 128 Å². The fourth-order valence-electron chi connectivity index (χ4n) is 1.02. The van der Waals surface area contributed by atoms with Gasteiger partial charge in [0.2, 0.25) is 0 Å². The number of carboxylic acid groups (broad SMARTS) is 2. The van der Waals surface area contributed by atoms with E-state index in [1.807, 2.05) is 0 Å². The van der Waals surface area contributed by atoms with E-state index in [0.717, 1.165) is 18.2 Å². The predicted octanol–water partition coefficient (Wildman–Crippen LogP) is -8.16. The van der Waals surface area contributed by atoms with Crippen LogP contribution in [0.15, 0.2) is 23.8 Å². The summed E-state index contributed by atoms with van der Waals surface area (Å²) >= 11 is 0. The zero-order valence-corrected chi connectivity index (χ0v) is 11.5. The molecule has 1 aliphatic rings. The summed E-state index contributed by atoms with van der Waals surface area (Å²) in [6.45, 7) is 0. The van der Waals surface area contributed by atoms with Crippen molar-refractivity contribution < 1.29 is 57.5 Å². The van der Waals surface area contributed by atoms with Crippen LogP contribution in [0.2, 0.25) is 0 Å². The minimum atomic E-state index is -1.74. The van der Waals surface area contributed by atoms with Crippen LogP contribution in [0.3, 0.4) is 0 Å². The summed E-state index contributed by atoms with van der Waals surface area (Å²) in [6.07, 6.45) is 3.15. The van der Waals surface area contributed by atoms with Crippen molar-refractivity contribution in [1.29, 1.82) is 0 Å². The molecule has 1 rings (SSSR count). The van der Waals surface area contributed by atoms with Gasteiger partial charge in [-0.15, -0.1) is 0 Å². The number of hydrogen-bond acceptors (Lipinski definition) is 5. The van der Waals surface area contributed by atoms with Crippen LogP contribution in [-0.2, 0) is 14.4 Å². The number of rotatable bonds is 2. The smallest absolute Gasteiger partial charge is 0.549 e. The predicted molar refractivity (Wildman–Crippen MR) is 63.2 cm³/mol. The van der Waals surface area contributed by atoms with Gasteiger partial charge in [-0.05, 0) is 11.6 Å². The molecular formula is C8H16MgO11. The van der Waals surface area contributed by atoms with Crippen molar-refractivity contribution in [2.24, 2.45) is 5.92 Å². The maximum absolute atomic E-state index is 10.9. The Balaban J connectivity index is -0.0000000483. The first-order valence-electron chi connectivity index (χ1n) is 3.38. The monoisotopic (exact) mass is 312 g/mol. The zero-order valence-electron chi connectivity index (χ0n) is 10.1. The van der Waals surface area contributed by atoms with Gasteiger partial charge in [-0.25, -0.2) is 0 Å². The minimum Gasteiger partial charge on any atom is -0.549 e. The van der Waals surface area contributed by atoms with Crippen molar-refractivity contribution in [3.05, 3.63) is 23.8 Å². The normalized spacial score (nSPS) is 13.7. The summed E-state index contributed by atoms with van der Waals surface area (Å²) in [5.74, 6) is -5.96. The molecule has 11 nitrogen and oxygen atoms in total. The molecule has 0 saturated carbocycles. The van der Waals surface area contributed by atoms with E-state index in [1.54, 1.807) is 0 Å². The average molecular weight is 313 g/mol. The largest absolute Gasteiger partial charge is 2.00 e. The van der Waals surface area contributed by atoms with Gasteiger partial charge in [0.25, 0.3) is 0 Å². The number of aliphatic carboxylic acids is 2. The summed E-state index contributed by atoms with van der Waals surface area (Å²) < 4.78 is 0. The Hall–Kier alpha value is -1.38. The summed E-state index contributed by atoms with van der Waals surface area (Å²) in [7, 11) is 0. The fraction of sp³-hybridized carbons (Fsp3) is 0.125. The van der Waals surface area contributed by atoms with E-state index in [1.165, 1.54) is 0 Å². The molecule has 0 radical (unpaired) electrons. The number of carbonyl (C=O) groups excluding carboxylic acids is 3. The molecule has 20 heavy (non-hydrogen) atoms. The van der Waals surface area contributed by atoms with Gasteiger partial charge >= 0.3 is 23.1 Å². The van der Waals surface area contributed by atoms with Crippen LogP contribution in [0.25, 0.3) is 0 Å². The molecule has 0 aromatic carbocycles. The van der Waals surface area contributed by atoms with Crippen LogP contribution in [-0.4, -0.2) is 73.6 Å². The Bertz CT molecular complexity index is 348. The molecule has 0 amide bonds. The molecule has 0 aliphatic heterocycles. The van der Waals surface area contributed by atoms with Crippen molar-refractivity contribution in [2.45, 2.75) is 0 Å². The van der Waals surface area contributed by atoms with Crippen LogP contribution in [0.5, 0.6) is 0 Å². The Kier molecular flexibility index (Phi) is 37.7. The van der Waals surface area contributed by atoms with Crippen molar-refractivity contribution in [3.8, 4) is 0 Å². The van der Waals surface area contributed by atoms with Gasteiger partial charge < -0.3 is 52.7 Å². The molecule has 0 bridgehead atoms. The first-order chi connectivity index (χ1) is 6.04. The fourth-order valence-corrected chi connectivity index (χ4v) is 1.02. The maximum atomic E-state index is 10.9. The minimum absolute atomic E-state index is 0.